The second-order valence-electron chi connectivity index (χ2n) is 6.20. The summed E-state index contributed by atoms with van der Waals surface area (Å²) >= 11 is 0. The Morgan fingerprint density at radius 3 is 2.69 bits per heavy atom. The third-order valence-electron chi connectivity index (χ3n) is 4.05. The zero-order valence-electron chi connectivity index (χ0n) is 15.1. The summed E-state index contributed by atoms with van der Waals surface area (Å²) in [6.45, 7) is 2.98. The number of nitrogens with zero attached hydrogens (tertiary/aromatic N) is 1. The number of carbonyl (C=O) groups is 1. The van der Waals surface area contributed by atoms with E-state index in [0.29, 0.717) is 39.5 Å². The molecule has 1 aliphatic heterocycles. The Morgan fingerprint density at radius 1 is 1.23 bits per heavy atom. The van der Waals surface area contributed by atoms with Crippen molar-refractivity contribution in [3.05, 3.63) is 29.8 Å². The van der Waals surface area contributed by atoms with Crippen LogP contribution in [-0.2, 0) is 20.8 Å². The molecule has 1 amide bonds. The fraction of sp³-hybridized carbons (Fsp3) is 0.611. The van der Waals surface area contributed by atoms with E-state index in [4.69, 9.17) is 19.3 Å². The Bertz CT molecular complexity index is 539. The largest absolute Gasteiger partial charge is 0.491 e. The van der Waals surface area contributed by atoms with Crippen molar-refractivity contribution in [2.45, 2.75) is 18.7 Å². The van der Waals surface area contributed by atoms with E-state index in [-0.39, 0.29) is 25.2 Å². The number of hydrogen-bond donors (Lipinski definition) is 3. The summed E-state index contributed by atoms with van der Waals surface area (Å²) in [5.74, 6) is 0.537. The zero-order valence-corrected chi connectivity index (χ0v) is 15.1. The number of likely N-dealkylation sites (tertiary alicyclic amines) is 1. The number of aliphatic hydroxyl groups excluding tert-OH is 2. The highest BCUT2D eigenvalue weighted by molar-refractivity contribution is 5.77. The standard InChI is InChI=1S/C18H28N2O6/c1-24-13-18(23)19-16-11-20(12-17(16)22)10-14-2-4-15(5-3-14)26-9-8-25-7-6-21/h2-5,16-17,21-22H,6-13H2,1H3,(H,19,23)/t16-,17-/m1/s1. The molecule has 1 aromatic rings. The molecule has 0 spiro atoms. The summed E-state index contributed by atoms with van der Waals surface area (Å²) in [5, 5.41) is 21.5. The monoisotopic (exact) mass is 368 g/mol. The second-order valence-corrected chi connectivity index (χ2v) is 6.20. The number of β-amino-alcohol motifs (C(OH)–C–C–N with tert-alkyl or cyclic N) is 1. The van der Waals surface area contributed by atoms with Crippen LogP contribution in [0.3, 0.4) is 0 Å². The summed E-state index contributed by atoms with van der Waals surface area (Å²) in [6, 6.07) is 7.47. The number of carbonyl (C=O) groups excluding carboxylic acids is 1. The van der Waals surface area contributed by atoms with Crippen LogP contribution in [0, 0.1) is 0 Å². The Labute approximate surface area is 153 Å². The molecule has 0 aliphatic carbocycles. The molecule has 8 nitrogen and oxygen atoms in total. The molecule has 0 aromatic heterocycles. The minimum Gasteiger partial charge on any atom is -0.491 e. The minimum atomic E-state index is -0.586. The molecule has 0 saturated carbocycles. The van der Waals surface area contributed by atoms with Crippen LogP contribution in [0.25, 0.3) is 0 Å². The fourth-order valence-corrected chi connectivity index (χ4v) is 2.85. The smallest absolute Gasteiger partial charge is 0.246 e. The number of amides is 1. The molecule has 1 saturated heterocycles. The SMILES string of the molecule is COCC(=O)N[C@@H]1CN(Cc2ccc(OCCOCCO)cc2)C[C@H]1O. The number of benzene rings is 1. The summed E-state index contributed by atoms with van der Waals surface area (Å²) in [6.07, 6.45) is -0.586. The van der Waals surface area contributed by atoms with Gasteiger partial charge in [-0.2, -0.15) is 0 Å². The molecule has 1 aromatic carbocycles. The predicted molar refractivity (Wildman–Crippen MR) is 94.9 cm³/mol. The third kappa shape index (κ3) is 6.89. The van der Waals surface area contributed by atoms with Crippen molar-refractivity contribution in [2.75, 3.05) is 53.2 Å². The molecule has 8 heteroatoms. The van der Waals surface area contributed by atoms with E-state index in [0.717, 1.165) is 11.3 Å². The average molecular weight is 368 g/mol. The molecule has 1 fully saturated rings. The summed E-state index contributed by atoms with van der Waals surface area (Å²) in [7, 11) is 1.46. The highest BCUT2D eigenvalue weighted by Crippen LogP contribution is 2.17. The third-order valence-corrected chi connectivity index (χ3v) is 4.05. The maximum atomic E-state index is 11.6. The first-order valence-corrected chi connectivity index (χ1v) is 8.71. The lowest BCUT2D eigenvalue weighted by atomic mass is 10.2. The van der Waals surface area contributed by atoms with Gasteiger partial charge in [0.25, 0.3) is 0 Å². The van der Waals surface area contributed by atoms with Crippen LogP contribution >= 0.6 is 0 Å². The first kappa shape index (κ1) is 20.6. The van der Waals surface area contributed by atoms with Crippen LogP contribution in [0.2, 0.25) is 0 Å². The lowest BCUT2D eigenvalue weighted by molar-refractivity contribution is -0.125. The van der Waals surface area contributed by atoms with Crippen molar-refractivity contribution in [3.8, 4) is 5.75 Å². The minimum absolute atomic E-state index is 0.00424. The van der Waals surface area contributed by atoms with E-state index in [1.165, 1.54) is 7.11 Å². The molecule has 1 aliphatic rings. The van der Waals surface area contributed by atoms with Gasteiger partial charge in [0.05, 0.1) is 32.0 Å². The van der Waals surface area contributed by atoms with Crippen LogP contribution in [0.4, 0.5) is 0 Å². The van der Waals surface area contributed by atoms with Crippen molar-refractivity contribution >= 4 is 5.91 Å². The topological polar surface area (TPSA) is 100 Å². The van der Waals surface area contributed by atoms with Gasteiger partial charge in [-0.05, 0) is 17.7 Å². The van der Waals surface area contributed by atoms with Crippen LogP contribution in [0.15, 0.2) is 24.3 Å². The molecular weight excluding hydrogens is 340 g/mol. The molecular formula is C18H28N2O6. The first-order chi connectivity index (χ1) is 12.6. The van der Waals surface area contributed by atoms with Gasteiger partial charge in [0.2, 0.25) is 5.91 Å². The van der Waals surface area contributed by atoms with Gasteiger partial charge >= 0.3 is 0 Å². The molecule has 3 N–H and O–H groups in total. The van der Waals surface area contributed by atoms with Crippen molar-refractivity contribution < 1.29 is 29.2 Å². The van der Waals surface area contributed by atoms with Gasteiger partial charge in [-0.15, -0.1) is 0 Å². The van der Waals surface area contributed by atoms with Crippen LogP contribution in [-0.4, -0.2) is 86.4 Å². The molecule has 146 valence electrons. The molecule has 2 rings (SSSR count). The normalized spacial score (nSPS) is 20.3. The van der Waals surface area contributed by atoms with Gasteiger partial charge in [0.15, 0.2) is 0 Å². The number of methoxy groups -OCH3 is 1. The van der Waals surface area contributed by atoms with E-state index >= 15 is 0 Å². The Kier molecular flexibility index (Phi) is 8.79. The van der Waals surface area contributed by atoms with Crippen molar-refractivity contribution in [1.82, 2.24) is 10.2 Å². The van der Waals surface area contributed by atoms with Gasteiger partial charge in [0.1, 0.15) is 19.0 Å². The van der Waals surface area contributed by atoms with Crippen molar-refractivity contribution in [3.63, 3.8) is 0 Å². The molecule has 0 unspecified atom stereocenters. The quantitative estimate of drug-likeness (QED) is 0.448. The molecule has 26 heavy (non-hydrogen) atoms. The molecule has 2 atom stereocenters. The van der Waals surface area contributed by atoms with Crippen LogP contribution in [0.1, 0.15) is 5.56 Å². The van der Waals surface area contributed by atoms with E-state index in [1.807, 2.05) is 24.3 Å². The van der Waals surface area contributed by atoms with E-state index in [2.05, 4.69) is 10.2 Å². The highest BCUT2D eigenvalue weighted by Gasteiger charge is 2.32. The van der Waals surface area contributed by atoms with Crippen LogP contribution in [0.5, 0.6) is 5.75 Å². The van der Waals surface area contributed by atoms with Gasteiger partial charge < -0.3 is 29.7 Å². The number of ether oxygens (including phenoxy) is 3. The van der Waals surface area contributed by atoms with Gasteiger partial charge in [-0.1, -0.05) is 12.1 Å². The number of hydrogen-bond acceptors (Lipinski definition) is 7. The van der Waals surface area contributed by atoms with Crippen LogP contribution < -0.4 is 10.1 Å². The lowest BCUT2D eigenvalue weighted by Gasteiger charge is -2.17. The number of aliphatic hydroxyl groups is 2. The zero-order chi connectivity index (χ0) is 18.8. The molecule has 0 radical (unpaired) electrons. The van der Waals surface area contributed by atoms with E-state index < -0.39 is 6.10 Å². The number of nitrogens with one attached hydrogen (secondary N) is 1. The highest BCUT2D eigenvalue weighted by atomic mass is 16.5. The second kappa shape index (κ2) is 11.1. The number of rotatable bonds is 11. The Morgan fingerprint density at radius 2 is 2.00 bits per heavy atom. The Hall–Kier alpha value is -1.71. The van der Waals surface area contributed by atoms with E-state index in [9.17, 15) is 9.90 Å². The lowest BCUT2D eigenvalue weighted by Crippen LogP contribution is -2.44. The van der Waals surface area contributed by atoms with Crippen molar-refractivity contribution in [2.24, 2.45) is 0 Å². The van der Waals surface area contributed by atoms with Crippen molar-refractivity contribution in [1.29, 1.82) is 0 Å². The molecule has 0 bridgehead atoms. The Balaban J connectivity index is 1.74. The maximum Gasteiger partial charge on any atom is 0.246 e. The average Bonchev–Trinajstić information content (AvgIpc) is 2.95. The summed E-state index contributed by atoms with van der Waals surface area (Å²) < 4.78 is 15.5. The van der Waals surface area contributed by atoms with E-state index in [1.54, 1.807) is 0 Å². The summed E-state index contributed by atoms with van der Waals surface area (Å²) in [4.78, 5) is 13.7. The fourth-order valence-electron chi connectivity index (χ4n) is 2.85. The summed E-state index contributed by atoms with van der Waals surface area (Å²) in [5.41, 5.74) is 1.10. The molecule has 1 heterocycles. The first-order valence-electron chi connectivity index (χ1n) is 8.71. The van der Waals surface area contributed by atoms with Gasteiger partial charge in [0, 0.05) is 26.7 Å². The maximum absolute atomic E-state index is 11.6. The van der Waals surface area contributed by atoms with Gasteiger partial charge in [-0.3, -0.25) is 9.69 Å². The van der Waals surface area contributed by atoms with Gasteiger partial charge in [-0.25, -0.2) is 0 Å². The predicted octanol–water partition coefficient (Wildman–Crippen LogP) is -0.618.